The molecule has 2 amide bonds. The van der Waals surface area contributed by atoms with Gasteiger partial charge < -0.3 is 15.4 Å². The third kappa shape index (κ3) is 9.22. The predicted octanol–water partition coefficient (Wildman–Crippen LogP) is 1.55. The molecule has 0 fully saturated rings. The maximum Gasteiger partial charge on any atom is 0.328 e. The Morgan fingerprint density at radius 2 is 1.80 bits per heavy atom. The standard InChI is InChI=1S/C22H26FN3O4/c1-4-13-26(14-5-2)15-9-8-12-19(22(29)30-3)25-21(28)16-20(27)24-18-11-7-6-10-17(18)23/h1-2,6-7,10-11,19H,8-9,12-16H2,3H3,(H,24,27)(H,25,28)/t19-/m0/s1. The van der Waals surface area contributed by atoms with E-state index in [1.165, 1.54) is 25.3 Å². The molecule has 160 valence electrons. The Bertz CT molecular complexity index is 797. The number of esters is 1. The fourth-order valence-electron chi connectivity index (χ4n) is 2.70. The molecule has 0 saturated carbocycles. The van der Waals surface area contributed by atoms with Crippen molar-refractivity contribution in [1.29, 1.82) is 0 Å². The number of rotatable bonds is 12. The first-order valence-electron chi connectivity index (χ1n) is 9.42. The number of unbranched alkanes of at least 4 members (excludes halogenated alkanes) is 1. The van der Waals surface area contributed by atoms with Crippen LogP contribution >= 0.6 is 0 Å². The highest BCUT2D eigenvalue weighted by molar-refractivity contribution is 6.04. The van der Waals surface area contributed by atoms with Crippen molar-refractivity contribution < 1.29 is 23.5 Å². The van der Waals surface area contributed by atoms with Gasteiger partial charge in [-0.25, -0.2) is 9.18 Å². The van der Waals surface area contributed by atoms with Crippen molar-refractivity contribution in [3.63, 3.8) is 0 Å². The van der Waals surface area contributed by atoms with E-state index in [1.54, 1.807) is 6.07 Å². The summed E-state index contributed by atoms with van der Waals surface area (Å²) < 4.78 is 18.3. The van der Waals surface area contributed by atoms with Gasteiger partial charge in [0.25, 0.3) is 0 Å². The first kappa shape index (κ1) is 24.7. The van der Waals surface area contributed by atoms with Crippen LogP contribution in [0.2, 0.25) is 0 Å². The van der Waals surface area contributed by atoms with Gasteiger partial charge >= 0.3 is 5.97 Å². The molecular formula is C22H26FN3O4. The van der Waals surface area contributed by atoms with E-state index < -0.39 is 36.1 Å². The van der Waals surface area contributed by atoms with Gasteiger partial charge in [0.15, 0.2) is 0 Å². The number of nitrogens with one attached hydrogen (secondary N) is 2. The number of hydrogen-bond acceptors (Lipinski definition) is 5. The Hall–Kier alpha value is -3.36. The molecular weight excluding hydrogens is 389 g/mol. The number of carbonyl (C=O) groups is 3. The minimum atomic E-state index is -0.891. The number of ether oxygens (including phenoxy) is 1. The fraction of sp³-hybridized carbons (Fsp3) is 0.409. The number of benzene rings is 1. The number of hydrogen-bond donors (Lipinski definition) is 2. The molecule has 1 rings (SSSR count). The molecule has 1 atom stereocenters. The van der Waals surface area contributed by atoms with Gasteiger partial charge in [-0.3, -0.25) is 14.5 Å². The lowest BCUT2D eigenvalue weighted by Gasteiger charge is -2.19. The number of carbonyl (C=O) groups excluding carboxylic acids is 3. The number of terminal acetylenes is 2. The molecule has 1 aromatic carbocycles. The second-order valence-electron chi connectivity index (χ2n) is 6.46. The van der Waals surface area contributed by atoms with Gasteiger partial charge in [0.2, 0.25) is 11.8 Å². The summed E-state index contributed by atoms with van der Waals surface area (Å²) in [5, 5.41) is 4.81. The predicted molar refractivity (Wildman–Crippen MR) is 112 cm³/mol. The zero-order valence-electron chi connectivity index (χ0n) is 16.9. The topological polar surface area (TPSA) is 87.7 Å². The van der Waals surface area contributed by atoms with Crippen LogP contribution in [0.15, 0.2) is 24.3 Å². The molecule has 0 aromatic heterocycles. The lowest BCUT2D eigenvalue weighted by Crippen LogP contribution is -2.42. The van der Waals surface area contributed by atoms with Crippen LogP contribution in [0.25, 0.3) is 0 Å². The number of amides is 2. The third-order valence-electron chi connectivity index (χ3n) is 4.14. The van der Waals surface area contributed by atoms with Gasteiger partial charge in [-0.15, -0.1) is 12.8 Å². The molecule has 0 unspecified atom stereocenters. The molecule has 7 nitrogen and oxygen atoms in total. The summed E-state index contributed by atoms with van der Waals surface area (Å²) in [7, 11) is 1.22. The Kier molecular flexibility index (Phi) is 11.3. The maximum absolute atomic E-state index is 13.6. The lowest BCUT2D eigenvalue weighted by atomic mass is 10.1. The van der Waals surface area contributed by atoms with Crippen LogP contribution in [0.1, 0.15) is 25.7 Å². The van der Waals surface area contributed by atoms with Crippen LogP contribution in [0, 0.1) is 30.5 Å². The molecule has 0 spiro atoms. The Labute approximate surface area is 176 Å². The second-order valence-corrected chi connectivity index (χ2v) is 6.46. The van der Waals surface area contributed by atoms with Gasteiger partial charge in [0, 0.05) is 6.54 Å². The van der Waals surface area contributed by atoms with E-state index >= 15 is 0 Å². The molecule has 0 saturated heterocycles. The van der Waals surface area contributed by atoms with Gasteiger partial charge in [0.1, 0.15) is 18.3 Å². The minimum absolute atomic E-state index is 0.0247. The first-order valence-corrected chi connectivity index (χ1v) is 9.42. The molecule has 2 N–H and O–H groups in total. The summed E-state index contributed by atoms with van der Waals surface area (Å²) in [5.74, 6) is 2.49. The number of nitrogens with zero attached hydrogens (tertiary/aromatic N) is 1. The van der Waals surface area contributed by atoms with Crippen LogP contribution < -0.4 is 10.6 Å². The van der Waals surface area contributed by atoms with Crippen molar-refractivity contribution in [1.82, 2.24) is 10.2 Å². The molecule has 0 bridgehead atoms. The zero-order chi connectivity index (χ0) is 22.4. The summed E-state index contributed by atoms with van der Waals surface area (Å²) in [5.41, 5.74) is -0.0247. The minimum Gasteiger partial charge on any atom is -0.467 e. The molecule has 8 heteroatoms. The molecule has 0 aliphatic heterocycles. The van der Waals surface area contributed by atoms with Crippen LogP contribution in [-0.2, 0) is 19.1 Å². The average Bonchev–Trinajstić information content (AvgIpc) is 2.71. The Morgan fingerprint density at radius 3 is 2.40 bits per heavy atom. The number of methoxy groups -OCH3 is 1. The Balaban J connectivity index is 2.51. The average molecular weight is 415 g/mol. The lowest BCUT2D eigenvalue weighted by molar-refractivity contribution is -0.145. The monoisotopic (exact) mass is 415 g/mol. The number of anilines is 1. The summed E-state index contributed by atoms with van der Waals surface area (Å²) in [6.07, 6.45) is 11.7. The highest BCUT2D eigenvalue weighted by Crippen LogP contribution is 2.12. The van der Waals surface area contributed by atoms with E-state index in [-0.39, 0.29) is 5.69 Å². The summed E-state index contributed by atoms with van der Waals surface area (Å²) in [6.45, 7) is 1.51. The SMILES string of the molecule is C#CCN(CC#C)CCCC[C@H](NC(=O)CC(=O)Nc1ccccc1F)C(=O)OC. The van der Waals surface area contributed by atoms with Crippen molar-refractivity contribution in [3.8, 4) is 24.7 Å². The van der Waals surface area contributed by atoms with Crippen molar-refractivity contribution in [3.05, 3.63) is 30.1 Å². The van der Waals surface area contributed by atoms with Gasteiger partial charge in [-0.1, -0.05) is 24.0 Å². The molecule has 30 heavy (non-hydrogen) atoms. The summed E-state index contributed by atoms with van der Waals surface area (Å²) >= 11 is 0. The van der Waals surface area contributed by atoms with E-state index in [0.29, 0.717) is 38.9 Å². The van der Waals surface area contributed by atoms with Gasteiger partial charge in [-0.05, 0) is 31.4 Å². The van der Waals surface area contributed by atoms with E-state index in [9.17, 15) is 18.8 Å². The quantitative estimate of drug-likeness (QED) is 0.234. The third-order valence-corrected chi connectivity index (χ3v) is 4.14. The smallest absolute Gasteiger partial charge is 0.328 e. The van der Waals surface area contributed by atoms with Crippen LogP contribution in [0.5, 0.6) is 0 Å². The second kappa shape index (κ2) is 13.8. The van der Waals surface area contributed by atoms with Crippen molar-refractivity contribution in [2.75, 3.05) is 32.1 Å². The van der Waals surface area contributed by atoms with E-state index in [2.05, 4.69) is 22.5 Å². The molecule has 0 radical (unpaired) electrons. The van der Waals surface area contributed by atoms with Crippen molar-refractivity contribution >= 4 is 23.5 Å². The normalized spacial score (nSPS) is 11.1. The zero-order valence-corrected chi connectivity index (χ0v) is 16.9. The number of halogens is 1. The Morgan fingerprint density at radius 1 is 1.13 bits per heavy atom. The van der Waals surface area contributed by atoms with E-state index in [0.717, 1.165) is 0 Å². The van der Waals surface area contributed by atoms with Gasteiger partial charge in [0.05, 0.1) is 25.9 Å². The van der Waals surface area contributed by atoms with E-state index in [1.807, 2.05) is 4.90 Å². The highest BCUT2D eigenvalue weighted by atomic mass is 19.1. The summed E-state index contributed by atoms with van der Waals surface area (Å²) in [4.78, 5) is 38.0. The van der Waals surface area contributed by atoms with Crippen molar-refractivity contribution in [2.24, 2.45) is 0 Å². The van der Waals surface area contributed by atoms with Crippen LogP contribution in [-0.4, -0.2) is 55.5 Å². The molecule has 0 heterocycles. The van der Waals surface area contributed by atoms with Gasteiger partial charge in [-0.2, -0.15) is 0 Å². The fourth-order valence-corrected chi connectivity index (χ4v) is 2.70. The maximum atomic E-state index is 13.6. The molecule has 1 aromatic rings. The highest BCUT2D eigenvalue weighted by Gasteiger charge is 2.22. The number of para-hydroxylation sites is 1. The molecule has 0 aliphatic rings. The van der Waals surface area contributed by atoms with Crippen LogP contribution in [0.3, 0.4) is 0 Å². The summed E-state index contributed by atoms with van der Waals surface area (Å²) in [6, 6.07) is 4.72. The van der Waals surface area contributed by atoms with Crippen LogP contribution in [0.4, 0.5) is 10.1 Å². The first-order chi connectivity index (χ1) is 14.4. The molecule has 0 aliphatic carbocycles. The van der Waals surface area contributed by atoms with Crippen molar-refractivity contribution in [2.45, 2.75) is 31.7 Å². The van der Waals surface area contributed by atoms with E-state index in [4.69, 9.17) is 17.6 Å². The largest absolute Gasteiger partial charge is 0.467 e.